The van der Waals surface area contributed by atoms with Crippen LogP contribution in [0.5, 0.6) is 0 Å². The molecule has 0 saturated heterocycles. The van der Waals surface area contributed by atoms with Crippen LogP contribution in [0.4, 0.5) is 11.4 Å². The number of anilines is 1. The van der Waals surface area contributed by atoms with Crippen LogP contribution in [0.3, 0.4) is 0 Å². The molecule has 0 aromatic heterocycles. The van der Waals surface area contributed by atoms with Gasteiger partial charge in [-0.25, -0.2) is 0 Å². The van der Waals surface area contributed by atoms with Crippen LogP contribution in [0.25, 0.3) is 0 Å². The number of esters is 1. The predicted molar refractivity (Wildman–Crippen MR) is 72.2 cm³/mol. The molecule has 0 saturated carbocycles. The molecule has 0 aliphatic heterocycles. The number of ether oxygens (including phenoxy) is 1. The van der Waals surface area contributed by atoms with E-state index in [1.807, 2.05) is 6.92 Å². The normalized spacial score (nSPS) is 10.0. The highest BCUT2D eigenvalue weighted by atomic mass is 16.6. The number of hydrogen-bond acceptors (Lipinski definition) is 5. The molecule has 104 valence electrons. The first-order chi connectivity index (χ1) is 9.08. The van der Waals surface area contributed by atoms with Gasteiger partial charge >= 0.3 is 5.97 Å². The lowest BCUT2D eigenvalue weighted by Gasteiger charge is -2.22. The van der Waals surface area contributed by atoms with Crippen LogP contribution in [-0.2, 0) is 9.53 Å². The summed E-state index contributed by atoms with van der Waals surface area (Å²) in [7, 11) is 0. The fraction of sp³-hybridized carbons (Fsp3) is 0.462. The van der Waals surface area contributed by atoms with E-state index in [0.717, 1.165) is 6.42 Å². The molecule has 1 rings (SSSR count). The lowest BCUT2D eigenvalue weighted by Crippen LogP contribution is -2.31. The van der Waals surface area contributed by atoms with Gasteiger partial charge in [0, 0.05) is 24.4 Å². The summed E-state index contributed by atoms with van der Waals surface area (Å²) in [5.74, 6) is -0.331. The standard InChI is InChI=1S/C13H18N2O4/c1-3-8-14(10-13(16)19-4-2)11-6-5-7-12(9-11)15(17)18/h5-7,9H,3-4,8,10H2,1-2H3. The van der Waals surface area contributed by atoms with Crippen molar-refractivity contribution >= 4 is 17.3 Å². The van der Waals surface area contributed by atoms with Gasteiger partial charge in [0.15, 0.2) is 0 Å². The van der Waals surface area contributed by atoms with Gasteiger partial charge < -0.3 is 9.64 Å². The van der Waals surface area contributed by atoms with Crippen LogP contribution in [0.15, 0.2) is 24.3 Å². The second-order valence-corrected chi connectivity index (χ2v) is 4.00. The van der Waals surface area contributed by atoms with Crippen LogP contribution in [-0.4, -0.2) is 30.6 Å². The smallest absolute Gasteiger partial charge is 0.325 e. The third-order valence-electron chi connectivity index (χ3n) is 2.52. The van der Waals surface area contributed by atoms with Gasteiger partial charge in [-0.05, 0) is 19.4 Å². The number of rotatable bonds is 7. The van der Waals surface area contributed by atoms with Crippen LogP contribution >= 0.6 is 0 Å². The zero-order valence-corrected chi connectivity index (χ0v) is 11.2. The van der Waals surface area contributed by atoms with E-state index in [0.29, 0.717) is 18.8 Å². The number of carbonyl (C=O) groups is 1. The molecule has 0 aliphatic rings. The van der Waals surface area contributed by atoms with Crippen molar-refractivity contribution < 1.29 is 14.5 Å². The number of non-ortho nitro benzene ring substituents is 1. The second kappa shape index (κ2) is 7.35. The molecule has 0 aliphatic carbocycles. The summed E-state index contributed by atoms with van der Waals surface area (Å²) in [6.45, 7) is 4.79. The topological polar surface area (TPSA) is 72.7 Å². The number of nitro benzene ring substituents is 1. The van der Waals surface area contributed by atoms with Crippen molar-refractivity contribution in [2.24, 2.45) is 0 Å². The number of nitro groups is 1. The van der Waals surface area contributed by atoms with E-state index in [1.165, 1.54) is 12.1 Å². The molecule has 0 radical (unpaired) electrons. The summed E-state index contributed by atoms with van der Waals surface area (Å²) in [4.78, 5) is 23.6. The maximum absolute atomic E-state index is 11.5. The van der Waals surface area contributed by atoms with Gasteiger partial charge in [-0.1, -0.05) is 13.0 Å². The van der Waals surface area contributed by atoms with Crippen molar-refractivity contribution in [2.45, 2.75) is 20.3 Å². The zero-order valence-electron chi connectivity index (χ0n) is 11.2. The molecular formula is C13H18N2O4. The lowest BCUT2D eigenvalue weighted by molar-refractivity contribution is -0.384. The average molecular weight is 266 g/mol. The summed E-state index contributed by atoms with van der Waals surface area (Å²) in [6.07, 6.45) is 0.835. The van der Waals surface area contributed by atoms with Crippen molar-refractivity contribution in [1.82, 2.24) is 0 Å². The van der Waals surface area contributed by atoms with Gasteiger partial charge in [-0.2, -0.15) is 0 Å². The summed E-state index contributed by atoms with van der Waals surface area (Å²) in [6, 6.07) is 6.26. The van der Waals surface area contributed by atoms with Crippen molar-refractivity contribution in [3.05, 3.63) is 34.4 Å². The maximum Gasteiger partial charge on any atom is 0.325 e. The van der Waals surface area contributed by atoms with Crippen LogP contribution < -0.4 is 4.90 Å². The molecule has 0 heterocycles. The number of hydrogen-bond donors (Lipinski definition) is 0. The molecule has 1 aromatic rings. The summed E-state index contributed by atoms with van der Waals surface area (Å²) in [5, 5.41) is 10.8. The second-order valence-electron chi connectivity index (χ2n) is 4.00. The first kappa shape index (κ1) is 14.9. The Morgan fingerprint density at radius 3 is 2.74 bits per heavy atom. The van der Waals surface area contributed by atoms with Crippen molar-refractivity contribution in [2.75, 3.05) is 24.6 Å². The van der Waals surface area contributed by atoms with E-state index >= 15 is 0 Å². The molecule has 6 heteroatoms. The Kier molecular flexibility index (Phi) is 5.78. The molecule has 0 N–H and O–H groups in total. The van der Waals surface area contributed by atoms with Gasteiger partial charge in [0.05, 0.1) is 11.5 Å². The Labute approximate surface area is 112 Å². The number of benzene rings is 1. The van der Waals surface area contributed by atoms with E-state index in [4.69, 9.17) is 4.74 Å². The van der Waals surface area contributed by atoms with E-state index < -0.39 is 4.92 Å². The highest BCUT2D eigenvalue weighted by Crippen LogP contribution is 2.21. The largest absolute Gasteiger partial charge is 0.465 e. The number of nitrogens with zero attached hydrogens (tertiary/aromatic N) is 2. The highest BCUT2D eigenvalue weighted by Gasteiger charge is 2.14. The van der Waals surface area contributed by atoms with E-state index in [9.17, 15) is 14.9 Å². The van der Waals surface area contributed by atoms with Crippen LogP contribution in [0.2, 0.25) is 0 Å². The highest BCUT2D eigenvalue weighted by molar-refractivity contribution is 5.76. The Hall–Kier alpha value is -2.11. The SMILES string of the molecule is CCCN(CC(=O)OCC)c1cccc([N+](=O)[O-])c1. The monoisotopic (exact) mass is 266 g/mol. The number of carbonyl (C=O) groups excluding carboxylic acids is 1. The lowest BCUT2D eigenvalue weighted by atomic mass is 10.2. The Bertz CT molecular complexity index is 448. The summed E-state index contributed by atoms with van der Waals surface area (Å²) < 4.78 is 4.90. The Balaban J connectivity index is 2.88. The van der Waals surface area contributed by atoms with Crippen molar-refractivity contribution in [1.29, 1.82) is 0 Å². The van der Waals surface area contributed by atoms with Gasteiger partial charge in [-0.15, -0.1) is 0 Å². The first-order valence-electron chi connectivity index (χ1n) is 6.23. The van der Waals surface area contributed by atoms with E-state index in [1.54, 1.807) is 24.0 Å². The first-order valence-corrected chi connectivity index (χ1v) is 6.23. The van der Waals surface area contributed by atoms with Gasteiger partial charge in [0.25, 0.3) is 5.69 Å². The molecule has 0 atom stereocenters. The molecule has 0 bridgehead atoms. The summed E-state index contributed by atoms with van der Waals surface area (Å²) in [5.41, 5.74) is 0.673. The third kappa shape index (κ3) is 4.57. The van der Waals surface area contributed by atoms with E-state index in [-0.39, 0.29) is 18.2 Å². The van der Waals surface area contributed by atoms with Gasteiger partial charge in [0.2, 0.25) is 0 Å². The quantitative estimate of drug-likeness (QED) is 0.430. The third-order valence-corrected chi connectivity index (χ3v) is 2.52. The molecule has 0 spiro atoms. The van der Waals surface area contributed by atoms with Gasteiger partial charge in [0.1, 0.15) is 6.54 Å². The molecule has 0 unspecified atom stereocenters. The fourth-order valence-corrected chi connectivity index (χ4v) is 1.74. The minimum atomic E-state index is -0.446. The maximum atomic E-state index is 11.5. The average Bonchev–Trinajstić information content (AvgIpc) is 2.38. The Morgan fingerprint density at radius 2 is 2.16 bits per heavy atom. The Morgan fingerprint density at radius 1 is 1.42 bits per heavy atom. The fourth-order valence-electron chi connectivity index (χ4n) is 1.74. The van der Waals surface area contributed by atoms with Crippen LogP contribution in [0.1, 0.15) is 20.3 Å². The molecule has 19 heavy (non-hydrogen) atoms. The molecule has 1 aromatic carbocycles. The minimum absolute atomic E-state index is 0.0162. The van der Waals surface area contributed by atoms with Crippen molar-refractivity contribution in [3.8, 4) is 0 Å². The minimum Gasteiger partial charge on any atom is -0.465 e. The van der Waals surface area contributed by atoms with E-state index in [2.05, 4.69) is 0 Å². The molecular weight excluding hydrogens is 248 g/mol. The molecule has 0 amide bonds. The molecule has 6 nitrogen and oxygen atoms in total. The van der Waals surface area contributed by atoms with Crippen molar-refractivity contribution in [3.63, 3.8) is 0 Å². The molecule has 0 fully saturated rings. The van der Waals surface area contributed by atoms with Crippen LogP contribution in [0, 0.1) is 10.1 Å². The zero-order chi connectivity index (χ0) is 14.3. The predicted octanol–water partition coefficient (Wildman–Crippen LogP) is 2.37. The summed E-state index contributed by atoms with van der Waals surface area (Å²) >= 11 is 0. The van der Waals surface area contributed by atoms with Gasteiger partial charge in [-0.3, -0.25) is 14.9 Å².